The van der Waals surface area contributed by atoms with Gasteiger partial charge in [0.05, 0.1) is 6.10 Å². The fourth-order valence-corrected chi connectivity index (χ4v) is 1.58. The van der Waals surface area contributed by atoms with Gasteiger partial charge in [-0.1, -0.05) is 0 Å². The molecule has 0 aromatic carbocycles. The van der Waals surface area contributed by atoms with Crippen LogP contribution in [0.2, 0.25) is 0 Å². The predicted molar refractivity (Wildman–Crippen MR) is 44.0 cm³/mol. The van der Waals surface area contributed by atoms with E-state index in [1.165, 1.54) is 0 Å². The Morgan fingerprint density at radius 3 is 3.00 bits per heavy atom. The van der Waals surface area contributed by atoms with Gasteiger partial charge in [-0.3, -0.25) is 4.79 Å². The van der Waals surface area contributed by atoms with Crippen LogP contribution in [0.15, 0.2) is 0 Å². The lowest BCUT2D eigenvalue weighted by atomic mass is 10.0. The lowest BCUT2D eigenvalue weighted by Gasteiger charge is -2.15. The summed E-state index contributed by atoms with van der Waals surface area (Å²) >= 11 is 0. The van der Waals surface area contributed by atoms with Crippen molar-refractivity contribution in [2.45, 2.75) is 18.9 Å². The summed E-state index contributed by atoms with van der Waals surface area (Å²) in [5, 5.41) is 11.7. The maximum atomic E-state index is 10.3. The summed E-state index contributed by atoms with van der Waals surface area (Å²) in [5.74, 6) is -0.358. The van der Waals surface area contributed by atoms with Crippen LogP contribution in [0.5, 0.6) is 0 Å². The number of carboxylic acid groups (broad SMARTS) is 1. The van der Waals surface area contributed by atoms with E-state index >= 15 is 0 Å². The lowest BCUT2D eigenvalue weighted by molar-refractivity contribution is -0.137. The highest BCUT2D eigenvalue weighted by Crippen LogP contribution is 2.17. The van der Waals surface area contributed by atoms with Crippen LogP contribution in [0.3, 0.4) is 0 Å². The van der Waals surface area contributed by atoms with Crippen LogP contribution in [-0.2, 0) is 9.53 Å². The smallest absolute Gasteiger partial charge is 0.303 e. The number of rotatable bonds is 4. The van der Waals surface area contributed by atoms with E-state index in [0.29, 0.717) is 12.3 Å². The van der Waals surface area contributed by atoms with E-state index in [-0.39, 0.29) is 12.5 Å². The zero-order valence-electron chi connectivity index (χ0n) is 7.25. The maximum absolute atomic E-state index is 10.3. The topological polar surface area (TPSA) is 58.6 Å². The fraction of sp³-hybridized carbons (Fsp3) is 0.875. The second-order valence-corrected chi connectivity index (χ2v) is 3.12. The molecule has 12 heavy (non-hydrogen) atoms. The van der Waals surface area contributed by atoms with E-state index in [0.717, 1.165) is 13.1 Å². The number of hydrogen-bond donors (Lipinski definition) is 2. The summed E-state index contributed by atoms with van der Waals surface area (Å²) < 4.78 is 5.20. The second-order valence-electron chi connectivity index (χ2n) is 3.12. The molecule has 0 aromatic rings. The van der Waals surface area contributed by atoms with Crippen molar-refractivity contribution in [2.24, 2.45) is 5.92 Å². The molecule has 4 nitrogen and oxygen atoms in total. The van der Waals surface area contributed by atoms with Gasteiger partial charge in [0.15, 0.2) is 0 Å². The number of methoxy groups -OCH3 is 1. The highest BCUT2D eigenvalue weighted by Gasteiger charge is 2.26. The average Bonchev–Trinajstić information content (AvgIpc) is 2.47. The van der Waals surface area contributed by atoms with Gasteiger partial charge in [0.2, 0.25) is 0 Å². The Kier molecular flexibility index (Phi) is 3.49. The molecule has 1 heterocycles. The first kappa shape index (κ1) is 9.48. The third kappa shape index (κ3) is 2.46. The molecule has 1 aliphatic heterocycles. The fourth-order valence-electron chi connectivity index (χ4n) is 1.58. The molecule has 0 amide bonds. The SMILES string of the molecule is COC1CNCC1CCC(=O)O. The zero-order valence-corrected chi connectivity index (χ0v) is 7.25. The van der Waals surface area contributed by atoms with Gasteiger partial charge in [-0.15, -0.1) is 0 Å². The molecular weight excluding hydrogens is 158 g/mol. The number of hydrogen-bond acceptors (Lipinski definition) is 3. The maximum Gasteiger partial charge on any atom is 0.303 e. The van der Waals surface area contributed by atoms with Gasteiger partial charge in [-0.25, -0.2) is 0 Å². The second kappa shape index (κ2) is 4.42. The summed E-state index contributed by atoms with van der Waals surface area (Å²) in [6.07, 6.45) is 1.15. The van der Waals surface area contributed by atoms with E-state index in [9.17, 15) is 4.79 Å². The van der Waals surface area contributed by atoms with Crippen molar-refractivity contribution in [3.8, 4) is 0 Å². The van der Waals surface area contributed by atoms with Crippen molar-refractivity contribution in [2.75, 3.05) is 20.2 Å². The lowest BCUT2D eigenvalue weighted by Crippen LogP contribution is -2.21. The van der Waals surface area contributed by atoms with Crippen molar-refractivity contribution < 1.29 is 14.6 Å². The first-order valence-corrected chi connectivity index (χ1v) is 4.19. The summed E-state index contributed by atoms with van der Waals surface area (Å²) in [6.45, 7) is 1.73. The minimum atomic E-state index is -0.725. The highest BCUT2D eigenvalue weighted by atomic mass is 16.5. The molecule has 4 heteroatoms. The van der Waals surface area contributed by atoms with E-state index in [1.54, 1.807) is 7.11 Å². The van der Waals surface area contributed by atoms with E-state index in [1.807, 2.05) is 0 Å². The molecule has 2 unspecified atom stereocenters. The number of nitrogens with one attached hydrogen (secondary N) is 1. The normalized spacial score (nSPS) is 29.1. The van der Waals surface area contributed by atoms with Gasteiger partial charge in [-0.2, -0.15) is 0 Å². The van der Waals surface area contributed by atoms with E-state index in [4.69, 9.17) is 9.84 Å². The number of aliphatic carboxylic acids is 1. The molecule has 70 valence electrons. The zero-order chi connectivity index (χ0) is 8.97. The van der Waals surface area contributed by atoms with E-state index in [2.05, 4.69) is 5.32 Å². The molecule has 1 aliphatic rings. The molecule has 0 radical (unpaired) electrons. The van der Waals surface area contributed by atoms with Crippen LogP contribution < -0.4 is 5.32 Å². The largest absolute Gasteiger partial charge is 0.481 e. The van der Waals surface area contributed by atoms with Crippen LogP contribution in [0.1, 0.15) is 12.8 Å². The van der Waals surface area contributed by atoms with Crippen LogP contribution in [-0.4, -0.2) is 37.4 Å². The Morgan fingerprint density at radius 1 is 1.67 bits per heavy atom. The Labute approximate surface area is 71.9 Å². The standard InChI is InChI=1S/C8H15NO3/c1-12-7-5-9-4-6(7)2-3-8(10)11/h6-7,9H,2-5H2,1H3,(H,10,11). The van der Waals surface area contributed by atoms with Crippen molar-refractivity contribution >= 4 is 5.97 Å². The van der Waals surface area contributed by atoms with Gasteiger partial charge < -0.3 is 15.2 Å². The van der Waals surface area contributed by atoms with Crippen LogP contribution in [0.25, 0.3) is 0 Å². The van der Waals surface area contributed by atoms with Gasteiger partial charge in [0.1, 0.15) is 0 Å². The van der Waals surface area contributed by atoms with Crippen LogP contribution >= 0.6 is 0 Å². The van der Waals surface area contributed by atoms with E-state index < -0.39 is 5.97 Å². The quantitative estimate of drug-likeness (QED) is 0.632. The van der Waals surface area contributed by atoms with Crippen molar-refractivity contribution in [3.05, 3.63) is 0 Å². The first-order valence-electron chi connectivity index (χ1n) is 4.19. The molecule has 0 aliphatic carbocycles. The summed E-state index contributed by atoms with van der Waals surface area (Å²) in [4.78, 5) is 10.3. The summed E-state index contributed by atoms with van der Waals surface area (Å²) in [5.41, 5.74) is 0. The minimum absolute atomic E-state index is 0.198. The molecule has 0 saturated carbocycles. The molecule has 0 bridgehead atoms. The number of carboxylic acids is 1. The molecule has 2 N–H and O–H groups in total. The Balaban J connectivity index is 2.26. The third-order valence-electron chi connectivity index (χ3n) is 2.31. The van der Waals surface area contributed by atoms with Crippen LogP contribution in [0.4, 0.5) is 0 Å². The predicted octanol–water partition coefficient (Wildman–Crippen LogP) is 0.0856. The Bertz CT molecular complexity index is 160. The highest BCUT2D eigenvalue weighted by molar-refractivity contribution is 5.66. The first-order chi connectivity index (χ1) is 5.74. The molecule has 0 spiro atoms. The third-order valence-corrected chi connectivity index (χ3v) is 2.31. The van der Waals surface area contributed by atoms with Gasteiger partial charge in [0, 0.05) is 26.6 Å². The average molecular weight is 173 g/mol. The molecule has 1 rings (SSSR count). The van der Waals surface area contributed by atoms with Crippen molar-refractivity contribution in [3.63, 3.8) is 0 Å². The summed E-state index contributed by atoms with van der Waals surface area (Å²) in [7, 11) is 1.67. The van der Waals surface area contributed by atoms with Gasteiger partial charge in [-0.05, 0) is 12.3 Å². The number of carbonyl (C=O) groups is 1. The minimum Gasteiger partial charge on any atom is -0.481 e. The Morgan fingerprint density at radius 2 is 2.42 bits per heavy atom. The molecule has 1 fully saturated rings. The van der Waals surface area contributed by atoms with Crippen LogP contribution in [0, 0.1) is 5.92 Å². The summed E-state index contributed by atoms with van der Waals surface area (Å²) in [6, 6.07) is 0. The molecular formula is C8H15NO3. The Hall–Kier alpha value is -0.610. The number of ether oxygens (including phenoxy) is 1. The molecule has 1 saturated heterocycles. The molecule has 2 atom stereocenters. The van der Waals surface area contributed by atoms with Crippen molar-refractivity contribution in [1.82, 2.24) is 5.32 Å². The molecule has 0 aromatic heterocycles. The van der Waals surface area contributed by atoms with Gasteiger partial charge >= 0.3 is 5.97 Å². The monoisotopic (exact) mass is 173 g/mol. The van der Waals surface area contributed by atoms with Gasteiger partial charge in [0.25, 0.3) is 0 Å². The van der Waals surface area contributed by atoms with Crippen molar-refractivity contribution in [1.29, 1.82) is 0 Å².